The Balaban J connectivity index is 2.60. The normalized spacial score (nSPS) is 11.6. The summed E-state index contributed by atoms with van der Waals surface area (Å²) in [5, 5.41) is 2.56. The second-order valence-electron chi connectivity index (χ2n) is 4.82. The zero-order valence-corrected chi connectivity index (χ0v) is 15.0. The molecule has 4 nitrogen and oxygen atoms in total. The van der Waals surface area contributed by atoms with E-state index in [9.17, 15) is 9.59 Å². The molecule has 0 spiro atoms. The summed E-state index contributed by atoms with van der Waals surface area (Å²) in [5.74, 6) is -0.0959. The number of Topliss-reactive ketones (excluding diaryl/α,β-unsaturated/α-hetero) is 1. The largest absolute Gasteiger partial charge is 0.358 e. The minimum Gasteiger partial charge on any atom is -0.358 e. The van der Waals surface area contributed by atoms with Crippen LogP contribution in [0.1, 0.15) is 38.1 Å². The second kappa shape index (κ2) is 8.90. The number of ketones is 1. The molecule has 1 rings (SSSR count). The van der Waals surface area contributed by atoms with Gasteiger partial charge in [0.1, 0.15) is 4.32 Å². The molecule has 1 aromatic carbocycles. The lowest BCUT2D eigenvalue weighted by Crippen LogP contribution is -2.31. The first kappa shape index (κ1) is 18.6. The monoisotopic (exact) mass is 338 g/mol. The van der Waals surface area contributed by atoms with Crippen molar-refractivity contribution in [1.29, 1.82) is 0 Å². The Morgan fingerprint density at radius 2 is 1.77 bits per heavy atom. The average Bonchev–Trinajstić information content (AvgIpc) is 2.48. The van der Waals surface area contributed by atoms with Gasteiger partial charge in [0, 0.05) is 24.3 Å². The van der Waals surface area contributed by atoms with Crippen molar-refractivity contribution in [3.05, 3.63) is 29.8 Å². The number of thiocarbonyl (C=S) groups is 1. The maximum Gasteiger partial charge on any atom is 0.237 e. The highest BCUT2D eigenvalue weighted by Gasteiger charge is 2.18. The topological polar surface area (TPSA) is 49.4 Å². The van der Waals surface area contributed by atoms with Crippen molar-refractivity contribution in [1.82, 2.24) is 4.90 Å². The van der Waals surface area contributed by atoms with Crippen molar-refractivity contribution in [2.75, 3.05) is 18.4 Å². The summed E-state index contributed by atoms with van der Waals surface area (Å²) in [6.45, 7) is 9.10. The van der Waals surface area contributed by atoms with Crippen LogP contribution in [0.4, 0.5) is 5.69 Å². The molecule has 1 amide bonds. The molecule has 22 heavy (non-hydrogen) atoms. The highest BCUT2D eigenvalue weighted by molar-refractivity contribution is 8.23. The third-order valence-corrected chi connectivity index (χ3v) is 4.80. The van der Waals surface area contributed by atoms with E-state index >= 15 is 0 Å². The fraction of sp³-hybridized carbons (Fsp3) is 0.438. The van der Waals surface area contributed by atoms with Crippen molar-refractivity contribution >= 4 is 45.7 Å². The summed E-state index contributed by atoms with van der Waals surface area (Å²) >= 11 is 6.73. The molecule has 0 saturated carbocycles. The number of amides is 1. The van der Waals surface area contributed by atoms with Gasteiger partial charge in [0.25, 0.3) is 0 Å². The molecule has 0 aliphatic heterocycles. The average molecular weight is 338 g/mol. The fourth-order valence-corrected chi connectivity index (χ4v) is 3.36. The summed E-state index contributed by atoms with van der Waals surface area (Å²) in [5.41, 5.74) is 1.30. The number of nitrogens with zero attached hydrogens (tertiary/aromatic N) is 1. The first-order chi connectivity index (χ1) is 10.4. The van der Waals surface area contributed by atoms with E-state index in [-0.39, 0.29) is 16.9 Å². The Labute approximate surface area is 141 Å². The molecule has 0 unspecified atom stereocenters. The second-order valence-corrected chi connectivity index (χ2v) is 6.80. The number of nitrogens with one attached hydrogen (secondary N) is 1. The van der Waals surface area contributed by atoms with Crippen LogP contribution >= 0.6 is 24.0 Å². The van der Waals surface area contributed by atoms with Gasteiger partial charge in [-0.2, -0.15) is 0 Å². The van der Waals surface area contributed by atoms with Crippen LogP contribution in [0.3, 0.4) is 0 Å². The van der Waals surface area contributed by atoms with Gasteiger partial charge < -0.3 is 10.2 Å². The van der Waals surface area contributed by atoms with Crippen LogP contribution in [0.25, 0.3) is 0 Å². The van der Waals surface area contributed by atoms with Gasteiger partial charge in [-0.05, 0) is 52.0 Å². The minimum absolute atomic E-state index is 0.00590. The number of carbonyl (C=O) groups is 2. The molecule has 0 fully saturated rings. The number of carbonyl (C=O) groups excluding carboxylic acids is 2. The molecule has 6 heteroatoms. The summed E-state index contributed by atoms with van der Waals surface area (Å²) < 4.78 is 0.736. The third-order valence-electron chi connectivity index (χ3n) is 3.23. The smallest absolute Gasteiger partial charge is 0.237 e. The zero-order chi connectivity index (χ0) is 16.7. The van der Waals surface area contributed by atoms with Crippen LogP contribution in [-0.4, -0.2) is 39.3 Å². The Kier molecular flexibility index (Phi) is 7.55. The molecule has 0 aliphatic carbocycles. The van der Waals surface area contributed by atoms with E-state index < -0.39 is 0 Å². The van der Waals surface area contributed by atoms with Crippen LogP contribution in [-0.2, 0) is 4.79 Å². The van der Waals surface area contributed by atoms with E-state index in [0.29, 0.717) is 11.3 Å². The van der Waals surface area contributed by atoms with Gasteiger partial charge in [0.2, 0.25) is 5.91 Å². The quantitative estimate of drug-likeness (QED) is 0.635. The molecule has 120 valence electrons. The maximum absolute atomic E-state index is 12.2. The van der Waals surface area contributed by atoms with Gasteiger partial charge in [-0.25, -0.2) is 0 Å². The van der Waals surface area contributed by atoms with Gasteiger partial charge >= 0.3 is 0 Å². The van der Waals surface area contributed by atoms with Gasteiger partial charge in [0.05, 0.1) is 5.25 Å². The lowest BCUT2D eigenvalue weighted by molar-refractivity contribution is -0.115. The van der Waals surface area contributed by atoms with Gasteiger partial charge in [-0.3, -0.25) is 9.59 Å². The molecule has 0 saturated heterocycles. The van der Waals surface area contributed by atoms with Crippen LogP contribution in [0.15, 0.2) is 24.3 Å². The number of hydrogen-bond acceptors (Lipinski definition) is 4. The first-order valence-corrected chi connectivity index (χ1v) is 8.55. The molecule has 1 N–H and O–H groups in total. The minimum atomic E-state index is -0.277. The standard InChI is InChI=1S/C16H22N2O2S2/c1-5-18(6-2)16(21)22-12(4)15(20)17-14-9-7-13(8-10-14)11(3)19/h7-10,12H,5-6H2,1-4H3,(H,17,20)/t12-/m0/s1. The van der Waals surface area contributed by atoms with E-state index in [1.54, 1.807) is 24.3 Å². The van der Waals surface area contributed by atoms with Crippen molar-refractivity contribution in [2.45, 2.75) is 32.9 Å². The van der Waals surface area contributed by atoms with E-state index in [2.05, 4.69) is 5.32 Å². The predicted octanol–water partition coefficient (Wildman–Crippen LogP) is 3.58. The molecule has 0 radical (unpaired) electrons. The third kappa shape index (κ3) is 5.42. The lowest BCUT2D eigenvalue weighted by atomic mass is 10.1. The Morgan fingerprint density at radius 1 is 1.23 bits per heavy atom. The number of thioether (sulfide) groups is 1. The Bertz CT molecular complexity index is 540. The molecule has 0 heterocycles. The summed E-state index contributed by atoms with van der Waals surface area (Å²) in [6.07, 6.45) is 0. The summed E-state index contributed by atoms with van der Waals surface area (Å²) in [4.78, 5) is 25.5. The van der Waals surface area contributed by atoms with Crippen molar-refractivity contribution < 1.29 is 9.59 Å². The van der Waals surface area contributed by atoms with Gasteiger partial charge in [-0.1, -0.05) is 24.0 Å². The van der Waals surface area contributed by atoms with Crippen LogP contribution < -0.4 is 5.32 Å². The van der Waals surface area contributed by atoms with Crippen LogP contribution in [0.2, 0.25) is 0 Å². The Morgan fingerprint density at radius 3 is 2.23 bits per heavy atom. The number of rotatable bonds is 6. The molecular formula is C16H22N2O2S2. The lowest BCUT2D eigenvalue weighted by Gasteiger charge is -2.22. The maximum atomic E-state index is 12.2. The van der Waals surface area contributed by atoms with Crippen LogP contribution in [0, 0.1) is 0 Å². The molecule has 0 aliphatic rings. The summed E-state index contributed by atoms with van der Waals surface area (Å²) in [7, 11) is 0. The Hall–Kier alpha value is -1.40. The highest BCUT2D eigenvalue weighted by atomic mass is 32.2. The predicted molar refractivity (Wildman–Crippen MR) is 97.6 cm³/mol. The van der Waals surface area contributed by atoms with E-state index in [1.807, 2.05) is 25.7 Å². The molecule has 0 aromatic heterocycles. The van der Waals surface area contributed by atoms with Crippen molar-refractivity contribution in [3.8, 4) is 0 Å². The zero-order valence-electron chi connectivity index (χ0n) is 13.4. The van der Waals surface area contributed by atoms with Crippen LogP contribution in [0.5, 0.6) is 0 Å². The molecule has 1 atom stereocenters. The van der Waals surface area contributed by atoms with E-state index in [0.717, 1.165) is 17.4 Å². The molecule has 1 aromatic rings. The van der Waals surface area contributed by atoms with Gasteiger partial charge in [-0.15, -0.1) is 0 Å². The van der Waals surface area contributed by atoms with Crippen molar-refractivity contribution in [3.63, 3.8) is 0 Å². The fourth-order valence-electron chi connectivity index (χ4n) is 1.79. The highest BCUT2D eigenvalue weighted by Crippen LogP contribution is 2.18. The number of hydrogen-bond donors (Lipinski definition) is 1. The SMILES string of the molecule is CCN(CC)C(=S)S[C@@H](C)C(=O)Nc1ccc(C(C)=O)cc1. The number of anilines is 1. The molecular weight excluding hydrogens is 316 g/mol. The van der Waals surface area contributed by atoms with Crippen molar-refractivity contribution in [2.24, 2.45) is 0 Å². The number of benzene rings is 1. The molecule has 0 bridgehead atoms. The van der Waals surface area contributed by atoms with E-state index in [1.165, 1.54) is 18.7 Å². The summed E-state index contributed by atoms with van der Waals surface area (Å²) in [6, 6.07) is 6.87. The first-order valence-electron chi connectivity index (χ1n) is 7.26. The van der Waals surface area contributed by atoms with Gasteiger partial charge in [0.15, 0.2) is 5.78 Å². The van der Waals surface area contributed by atoms with E-state index in [4.69, 9.17) is 12.2 Å².